The lowest BCUT2D eigenvalue weighted by molar-refractivity contribution is -0.325. The average Bonchev–Trinajstić information content (AvgIpc) is 3.73. The highest BCUT2D eigenvalue weighted by Crippen LogP contribution is 2.52. The monoisotopic (exact) mass is 696 g/mol. The van der Waals surface area contributed by atoms with E-state index < -0.39 is 66.7 Å². The number of rotatable bonds is 19. The molecule has 2 aliphatic rings. The molecular formula is C38H48O12. The van der Waals surface area contributed by atoms with Gasteiger partial charge in [0.1, 0.15) is 37.1 Å². The molecule has 0 radical (unpaired) electrons. The summed E-state index contributed by atoms with van der Waals surface area (Å²) in [7, 11) is 5.79. The van der Waals surface area contributed by atoms with Crippen molar-refractivity contribution < 1.29 is 57.6 Å². The van der Waals surface area contributed by atoms with Gasteiger partial charge in [0, 0.05) is 28.4 Å². The maximum atomic E-state index is 12.7. The molecule has 272 valence electrons. The number of carbonyl (C=O) groups is 1. The summed E-state index contributed by atoms with van der Waals surface area (Å²) >= 11 is 0. The molecule has 0 amide bonds. The smallest absolute Gasteiger partial charge is 0.308 e. The molecule has 1 saturated heterocycles. The van der Waals surface area contributed by atoms with Crippen LogP contribution in [0.25, 0.3) is 0 Å². The van der Waals surface area contributed by atoms with Crippen LogP contribution in [0.2, 0.25) is 0 Å². The Hall–Kier alpha value is -3.27. The normalized spacial score (nSPS) is 28.9. The van der Waals surface area contributed by atoms with Crippen LogP contribution >= 0.6 is 0 Å². The van der Waals surface area contributed by atoms with Gasteiger partial charge in [-0.05, 0) is 16.7 Å². The van der Waals surface area contributed by atoms with Crippen LogP contribution < -0.4 is 0 Å². The number of esters is 1. The van der Waals surface area contributed by atoms with Gasteiger partial charge < -0.3 is 52.8 Å². The molecule has 1 aliphatic carbocycles. The van der Waals surface area contributed by atoms with Gasteiger partial charge in [-0.25, -0.2) is 0 Å². The van der Waals surface area contributed by atoms with E-state index in [2.05, 4.69) is 0 Å². The standard InChI is InChI=1S/C38H48O12/c1-42-24-29-33(34(47-22-26-16-10-6-11-17-26)35(37(44-3)49-29)48-23-27-18-12-7-13-19-27)50-36-31(38(36,41)45-4)32(43-2)28(39)20-30(40)46-21-25-14-8-5-9-15-25/h5-19,28-29,31-37,39,41H,20-24H2,1-4H3/t28-,29+,31+,32?,33-,34?,35?,36-,37+,38?/m1/s1. The zero-order valence-electron chi connectivity index (χ0n) is 28.9. The number of ether oxygens (including phenoxy) is 9. The Morgan fingerprint density at radius 1 is 0.780 bits per heavy atom. The minimum absolute atomic E-state index is 0.0597. The summed E-state index contributed by atoms with van der Waals surface area (Å²) in [6.45, 7) is 0.630. The SMILES string of the molecule is COC[C@@H]1O[C@H](OC)C(OCc2ccccc2)C(OCc2ccccc2)[C@@H]1O[C@@H]1[C@H](C(OC)[C@H](O)CC(=O)OCc2ccccc2)C1(O)OC. The molecule has 3 aromatic rings. The fourth-order valence-corrected chi connectivity index (χ4v) is 6.41. The number of aliphatic hydroxyl groups is 2. The second kappa shape index (κ2) is 18.3. The molecule has 2 fully saturated rings. The summed E-state index contributed by atoms with van der Waals surface area (Å²) in [4.78, 5) is 12.7. The van der Waals surface area contributed by atoms with E-state index in [4.69, 9.17) is 42.6 Å². The Kier molecular flexibility index (Phi) is 13.9. The summed E-state index contributed by atoms with van der Waals surface area (Å²) in [5, 5.41) is 22.8. The Balaban J connectivity index is 1.36. The molecule has 0 spiro atoms. The van der Waals surface area contributed by atoms with Crippen LogP contribution in [0.3, 0.4) is 0 Å². The second-order valence-corrected chi connectivity index (χ2v) is 12.4. The first kappa shape index (κ1) is 38.0. The third-order valence-electron chi connectivity index (χ3n) is 9.08. The largest absolute Gasteiger partial charge is 0.461 e. The molecule has 1 saturated carbocycles. The van der Waals surface area contributed by atoms with E-state index in [1.165, 1.54) is 21.3 Å². The highest BCUT2D eigenvalue weighted by atomic mass is 16.7. The van der Waals surface area contributed by atoms with Crippen LogP contribution in [0, 0.1) is 5.92 Å². The first-order chi connectivity index (χ1) is 24.3. The van der Waals surface area contributed by atoms with Gasteiger partial charge >= 0.3 is 5.97 Å². The topological polar surface area (TPSA) is 141 Å². The molecule has 12 heteroatoms. The lowest BCUT2D eigenvalue weighted by Gasteiger charge is -2.45. The van der Waals surface area contributed by atoms with Gasteiger partial charge in [-0.2, -0.15) is 0 Å². The summed E-state index contributed by atoms with van der Waals surface area (Å²) < 4.78 is 53.9. The summed E-state index contributed by atoms with van der Waals surface area (Å²) in [5.74, 6) is -3.38. The van der Waals surface area contributed by atoms with Crippen LogP contribution in [-0.2, 0) is 67.2 Å². The quantitative estimate of drug-likeness (QED) is 0.140. The Bertz CT molecular complexity index is 1430. The van der Waals surface area contributed by atoms with Gasteiger partial charge in [0.15, 0.2) is 6.29 Å². The van der Waals surface area contributed by atoms with Crippen molar-refractivity contribution in [1.29, 1.82) is 0 Å². The van der Waals surface area contributed by atoms with E-state index >= 15 is 0 Å². The average molecular weight is 697 g/mol. The first-order valence-electron chi connectivity index (χ1n) is 16.6. The minimum atomic E-state index is -1.87. The third kappa shape index (κ3) is 9.33. The van der Waals surface area contributed by atoms with Crippen molar-refractivity contribution in [1.82, 2.24) is 0 Å². The van der Waals surface area contributed by atoms with E-state index in [0.717, 1.165) is 16.7 Å². The van der Waals surface area contributed by atoms with Crippen LogP contribution in [0.1, 0.15) is 23.1 Å². The summed E-state index contributed by atoms with van der Waals surface area (Å²) in [5.41, 5.74) is 2.68. The Morgan fingerprint density at radius 3 is 1.82 bits per heavy atom. The van der Waals surface area contributed by atoms with Gasteiger partial charge in [0.25, 0.3) is 0 Å². The molecule has 3 aromatic carbocycles. The molecule has 1 heterocycles. The van der Waals surface area contributed by atoms with Crippen molar-refractivity contribution in [2.45, 2.75) is 81.0 Å². The molecule has 10 atom stereocenters. The number of benzene rings is 3. The predicted octanol–water partition coefficient (Wildman–Crippen LogP) is 3.40. The van der Waals surface area contributed by atoms with E-state index in [1.807, 2.05) is 91.0 Å². The van der Waals surface area contributed by atoms with Crippen molar-refractivity contribution in [3.63, 3.8) is 0 Å². The lowest BCUT2D eigenvalue weighted by Crippen LogP contribution is -2.62. The first-order valence-corrected chi connectivity index (χ1v) is 16.6. The van der Waals surface area contributed by atoms with Crippen LogP contribution in [0.5, 0.6) is 0 Å². The van der Waals surface area contributed by atoms with Crippen LogP contribution in [0.15, 0.2) is 91.0 Å². The van der Waals surface area contributed by atoms with Gasteiger partial charge in [-0.15, -0.1) is 0 Å². The number of carbonyl (C=O) groups excluding carboxylic acids is 1. The third-order valence-corrected chi connectivity index (χ3v) is 9.08. The Labute approximate surface area is 293 Å². The molecular weight excluding hydrogens is 648 g/mol. The molecule has 4 unspecified atom stereocenters. The molecule has 2 N–H and O–H groups in total. The number of methoxy groups -OCH3 is 4. The molecule has 12 nitrogen and oxygen atoms in total. The highest BCUT2D eigenvalue weighted by Gasteiger charge is 2.72. The summed E-state index contributed by atoms with van der Waals surface area (Å²) in [6, 6.07) is 28.6. The van der Waals surface area contributed by atoms with Gasteiger partial charge in [0.05, 0.1) is 44.4 Å². The minimum Gasteiger partial charge on any atom is -0.461 e. The van der Waals surface area contributed by atoms with E-state index in [9.17, 15) is 15.0 Å². The highest BCUT2D eigenvalue weighted by molar-refractivity contribution is 5.70. The predicted molar refractivity (Wildman–Crippen MR) is 179 cm³/mol. The van der Waals surface area contributed by atoms with Gasteiger partial charge in [0.2, 0.25) is 5.79 Å². The molecule has 5 rings (SSSR count). The number of hydrogen-bond donors (Lipinski definition) is 2. The maximum Gasteiger partial charge on any atom is 0.308 e. The maximum absolute atomic E-state index is 12.7. The van der Waals surface area contributed by atoms with Crippen molar-refractivity contribution in [2.24, 2.45) is 5.92 Å². The number of hydrogen-bond acceptors (Lipinski definition) is 12. The van der Waals surface area contributed by atoms with Gasteiger partial charge in [-0.3, -0.25) is 4.79 Å². The molecule has 1 aliphatic heterocycles. The van der Waals surface area contributed by atoms with Crippen LogP contribution in [0.4, 0.5) is 0 Å². The van der Waals surface area contributed by atoms with Crippen molar-refractivity contribution in [2.75, 3.05) is 35.0 Å². The fraction of sp³-hybridized carbons (Fsp3) is 0.500. The van der Waals surface area contributed by atoms with Crippen molar-refractivity contribution >= 4 is 5.97 Å². The Morgan fingerprint density at radius 2 is 1.32 bits per heavy atom. The lowest BCUT2D eigenvalue weighted by atomic mass is 9.97. The van der Waals surface area contributed by atoms with Gasteiger partial charge in [-0.1, -0.05) is 91.0 Å². The fourth-order valence-electron chi connectivity index (χ4n) is 6.41. The number of aliphatic hydroxyl groups excluding tert-OH is 1. The van der Waals surface area contributed by atoms with E-state index in [0.29, 0.717) is 0 Å². The van der Waals surface area contributed by atoms with Crippen molar-refractivity contribution in [3.8, 4) is 0 Å². The van der Waals surface area contributed by atoms with Crippen molar-refractivity contribution in [3.05, 3.63) is 108 Å². The van der Waals surface area contributed by atoms with E-state index in [1.54, 1.807) is 7.11 Å². The molecule has 0 aromatic heterocycles. The summed E-state index contributed by atoms with van der Waals surface area (Å²) in [6.07, 6.45) is -7.76. The second-order valence-electron chi connectivity index (χ2n) is 12.4. The van der Waals surface area contributed by atoms with Crippen LogP contribution in [-0.4, -0.2) is 106 Å². The molecule has 0 bridgehead atoms. The zero-order chi connectivity index (χ0) is 35.5. The van der Waals surface area contributed by atoms with E-state index in [-0.39, 0.29) is 32.8 Å². The zero-order valence-corrected chi connectivity index (χ0v) is 28.9. The molecule has 50 heavy (non-hydrogen) atoms.